The van der Waals surface area contributed by atoms with Gasteiger partial charge in [-0.2, -0.15) is 0 Å². The first-order valence-corrected chi connectivity index (χ1v) is 4.07. The number of hydrogen-bond acceptors (Lipinski definition) is 2. The Balaban J connectivity index is 0. The van der Waals surface area contributed by atoms with Crippen molar-refractivity contribution in [1.29, 1.82) is 0 Å². The Morgan fingerprint density at radius 2 is 1.83 bits per heavy atom. The molecular formula is C10H20O2. The van der Waals surface area contributed by atoms with Crippen molar-refractivity contribution in [2.24, 2.45) is 5.41 Å². The molecule has 0 unspecified atom stereocenters. The smallest absolute Gasteiger partial charge is 0.329 e. The van der Waals surface area contributed by atoms with Crippen LogP contribution in [0.3, 0.4) is 0 Å². The second-order valence-electron chi connectivity index (χ2n) is 3.64. The predicted molar refractivity (Wildman–Crippen MR) is 52.0 cm³/mol. The molecule has 0 aliphatic rings. The number of carbonyl (C=O) groups is 1. The van der Waals surface area contributed by atoms with Crippen molar-refractivity contribution in [3.63, 3.8) is 0 Å². The summed E-state index contributed by atoms with van der Waals surface area (Å²) in [4.78, 5) is 9.84. The number of rotatable bonds is 1. The largest absolute Gasteiger partial charge is 0.466 e. The molecule has 0 aliphatic heterocycles. The van der Waals surface area contributed by atoms with E-state index in [9.17, 15) is 4.79 Å². The molecule has 2 nitrogen and oxygen atoms in total. The average molecular weight is 172 g/mol. The Morgan fingerprint density at radius 1 is 1.50 bits per heavy atom. The van der Waals surface area contributed by atoms with Crippen LogP contribution in [0.25, 0.3) is 0 Å². The quantitative estimate of drug-likeness (QED) is 0.449. The van der Waals surface area contributed by atoms with Crippen LogP contribution in [0.4, 0.5) is 0 Å². The minimum absolute atomic E-state index is 0.394. The Labute approximate surface area is 75.6 Å². The average Bonchev–Trinajstić information content (AvgIpc) is 2.03. The molecule has 0 amide bonds. The molecule has 0 aliphatic carbocycles. The van der Waals surface area contributed by atoms with E-state index >= 15 is 0 Å². The third-order valence-corrected chi connectivity index (χ3v) is 1.43. The molecule has 0 aromatic heterocycles. The van der Waals surface area contributed by atoms with E-state index in [-0.39, 0.29) is 0 Å². The highest BCUT2D eigenvalue weighted by Gasteiger charge is 2.03. The Kier molecular flexibility index (Phi) is 7.91. The summed E-state index contributed by atoms with van der Waals surface area (Å²) in [5.74, 6) is -0.394. The van der Waals surface area contributed by atoms with E-state index in [0.717, 1.165) is 6.08 Å². The number of esters is 1. The predicted octanol–water partition coefficient (Wildman–Crippen LogP) is 2.79. The fourth-order valence-corrected chi connectivity index (χ4v) is 0.0833. The summed E-state index contributed by atoms with van der Waals surface area (Å²) in [5.41, 5.74) is 0.542. The number of methoxy groups -OCH3 is 1. The zero-order chi connectivity index (χ0) is 10.2. The summed E-state index contributed by atoms with van der Waals surface area (Å²) in [6.07, 6.45) is 2.38. The van der Waals surface area contributed by atoms with Gasteiger partial charge in [0, 0.05) is 6.08 Å². The van der Waals surface area contributed by atoms with Crippen LogP contribution < -0.4 is 0 Å². The third kappa shape index (κ3) is 16.1. The lowest BCUT2D eigenvalue weighted by Gasteiger charge is -2.12. The Hall–Kier alpha value is -0.790. The van der Waals surface area contributed by atoms with Gasteiger partial charge in [0.1, 0.15) is 0 Å². The minimum Gasteiger partial charge on any atom is -0.466 e. The van der Waals surface area contributed by atoms with Gasteiger partial charge in [0.25, 0.3) is 0 Å². The first kappa shape index (κ1) is 13.8. The summed E-state index contributed by atoms with van der Waals surface area (Å²) < 4.78 is 4.14. The van der Waals surface area contributed by atoms with Gasteiger partial charge in [0.2, 0.25) is 0 Å². The van der Waals surface area contributed by atoms with Crippen LogP contribution in [0.2, 0.25) is 0 Å². The number of hydrogen-bond donors (Lipinski definition) is 0. The van der Waals surface area contributed by atoms with Gasteiger partial charge >= 0.3 is 5.97 Å². The standard InChI is InChI=1S/C6H14.C4H6O2/c1-5-6(2,3)4;1-3-4(5)6-2/h5H2,1-4H3;3H,1H2,2H3. The van der Waals surface area contributed by atoms with Gasteiger partial charge in [-0.25, -0.2) is 4.79 Å². The van der Waals surface area contributed by atoms with Gasteiger partial charge in [0.15, 0.2) is 0 Å². The summed E-state index contributed by atoms with van der Waals surface area (Å²) in [6.45, 7) is 12.1. The van der Waals surface area contributed by atoms with Gasteiger partial charge in [-0.05, 0) is 5.41 Å². The topological polar surface area (TPSA) is 26.3 Å². The molecule has 0 N–H and O–H groups in total. The summed E-state index contributed by atoms with van der Waals surface area (Å²) >= 11 is 0. The molecule has 0 rings (SSSR count). The maximum atomic E-state index is 9.84. The van der Waals surface area contributed by atoms with Crippen molar-refractivity contribution in [1.82, 2.24) is 0 Å². The molecule has 0 radical (unpaired) electrons. The van der Waals surface area contributed by atoms with Crippen LogP contribution in [-0.4, -0.2) is 13.1 Å². The first-order valence-electron chi connectivity index (χ1n) is 4.07. The highest BCUT2D eigenvalue weighted by molar-refractivity contribution is 5.80. The zero-order valence-electron chi connectivity index (χ0n) is 8.81. The molecule has 0 fully saturated rings. The third-order valence-electron chi connectivity index (χ3n) is 1.43. The molecule has 0 saturated carbocycles. The van der Waals surface area contributed by atoms with Gasteiger partial charge < -0.3 is 4.74 Å². The van der Waals surface area contributed by atoms with E-state index in [4.69, 9.17) is 0 Å². The fraction of sp³-hybridized carbons (Fsp3) is 0.700. The molecule has 0 atom stereocenters. The lowest BCUT2D eigenvalue weighted by Crippen LogP contribution is -2.00. The van der Waals surface area contributed by atoms with Crippen LogP contribution in [0.5, 0.6) is 0 Å². The van der Waals surface area contributed by atoms with Gasteiger partial charge in [-0.3, -0.25) is 0 Å². The van der Waals surface area contributed by atoms with E-state index in [1.807, 2.05) is 0 Å². The van der Waals surface area contributed by atoms with Crippen molar-refractivity contribution in [3.8, 4) is 0 Å². The molecule has 2 heteroatoms. The lowest BCUT2D eigenvalue weighted by atomic mass is 9.94. The van der Waals surface area contributed by atoms with Crippen molar-refractivity contribution in [2.45, 2.75) is 34.1 Å². The Morgan fingerprint density at radius 3 is 1.83 bits per heavy atom. The van der Waals surface area contributed by atoms with E-state index < -0.39 is 5.97 Å². The second-order valence-corrected chi connectivity index (χ2v) is 3.64. The first-order chi connectivity index (χ1) is 5.37. The van der Waals surface area contributed by atoms with Gasteiger partial charge in [-0.15, -0.1) is 0 Å². The number of ether oxygens (including phenoxy) is 1. The molecule has 0 bridgehead atoms. The minimum atomic E-state index is -0.394. The molecule has 0 aromatic rings. The zero-order valence-corrected chi connectivity index (χ0v) is 8.81. The molecule has 0 heterocycles. The summed E-state index contributed by atoms with van der Waals surface area (Å²) in [6, 6.07) is 0. The van der Waals surface area contributed by atoms with Crippen LogP contribution in [0.15, 0.2) is 12.7 Å². The summed E-state index contributed by atoms with van der Waals surface area (Å²) in [5, 5.41) is 0. The molecule has 0 saturated heterocycles. The highest BCUT2D eigenvalue weighted by Crippen LogP contribution is 2.16. The van der Waals surface area contributed by atoms with E-state index in [2.05, 4.69) is 39.0 Å². The van der Waals surface area contributed by atoms with E-state index in [1.54, 1.807) is 0 Å². The van der Waals surface area contributed by atoms with Crippen molar-refractivity contribution >= 4 is 5.97 Å². The lowest BCUT2D eigenvalue weighted by molar-refractivity contribution is -0.134. The van der Waals surface area contributed by atoms with Crippen LogP contribution in [0, 0.1) is 5.41 Å². The van der Waals surface area contributed by atoms with Gasteiger partial charge in [-0.1, -0.05) is 40.7 Å². The van der Waals surface area contributed by atoms with Crippen molar-refractivity contribution in [2.75, 3.05) is 7.11 Å². The second kappa shape index (κ2) is 6.89. The highest BCUT2D eigenvalue weighted by atomic mass is 16.5. The molecule has 0 aromatic carbocycles. The maximum absolute atomic E-state index is 9.84. The van der Waals surface area contributed by atoms with Crippen LogP contribution in [-0.2, 0) is 9.53 Å². The Bertz CT molecular complexity index is 131. The van der Waals surface area contributed by atoms with Gasteiger partial charge in [0.05, 0.1) is 7.11 Å². The fourth-order valence-electron chi connectivity index (χ4n) is 0.0833. The molecule has 12 heavy (non-hydrogen) atoms. The molecule has 72 valence electrons. The molecular weight excluding hydrogens is 152 g/mol. The van der Waals surface area contributed by atoms with Crippen molar-refractivity contribution < 1.29 is 9.53 Å². The van der Waals surface area contributed by atoms with Crippen LogP contribution >= 0.6 is 0 Å². The van der Waals surface area contributed by atoms with Crippen LogP contribution in [0.1, 0.15) is 34.1 Å². The monoisotopic (exact) mass is 172 g/mol. The van der Waals surface area contributed by atoms with E-state index in [1.165, 1.54) is 13.5 Å². The normalized spacial score (nSPS) is 9.42. The van der Waals surface area contributed by atoms with E-state index in [0.29, 0.717) is 5.41 Å². The van der Waals surface area contributed by atoms with Crippen molar-refractivity contribution in [3.05, 3.63) is 12.7 Å². The maximum Gasteiger partial charge on any atom is 0.329 e. The molecule has 0 spiro atoms. The number of carbonyl (C=O) groups excluding carboxylic acids is 1. The summed E-state index contributed by atoms with van der Waals surface area (Å²) in [7, 11) is 1.31. The SMILES string of the molecule is C=CC(=O)OC.CCC(C)(C)C.